The number of anilines is 1. The van der Waals surface area contributed by atoms with Crippen molar-refractivity contribution in [3.63, 3.8) is 0 Å². The highest BCUT2D eigenvalue weighted by atomic mass is 32.2. The van der Waals surface area contributed by atoms with Gasteiger partial charge in [-0.2, -0.15) is 0 Å². The maximum Gasteiger partial charge on any atom is 0.267 e. The molecule has 1 atom stereocenters. The van der Waals surface area contributed by atoms with Gasteiger partial charge in [-0.25, -0.2) is 4.98 Å². The fourth-order valence-corrected chi connectivity index (χ4v) is 4.78. The van der Waals surface area contributed by atoms with Crippen LogP contribution >= 0.6 is 24.0 Å². The predicted octanol–water partition coefficient (Wildman–Crippen LogP) is 3.84. The Kier molecular flexibility index (Phi) is 7.22. The maximum atomic E-state index is 13.3. The second-order valence-corrected chi connectivity index (χ2v) is 9.28. The number of nitrogens with zero attached hydrogens (tertiary/aromatic N) is 3. The number of aliphatic hydroxyl groups is 1. The molecule has 0 bridgehead atoms. The van der Waals surface area contributed by atoms with E-state index in [1.54, 1.807) is 35.4 Å². The third-order valence-electron chi connectivity index (χ3n) is 5.30. The molecule has 170 valence electrons. The van der Waals surface area contributed by atoms with Gasteiger partial charge in [-0.05, 0) is 30.2 Å². The summed E-state index contributed by atoms with van der Waals surface area (Å²) in [4.78, 5) is 32.8. The Morgan fingerprint density at radius 3 is 2.70 bits per heavy atom. The molecule has 33 heavy (non-hydrogen) atoms. The summed E-state index contributed by atoms with van der Waals surface area (Å²) < 4.78 is 1.92. The second-order valence-electron chi connectivity index (χ2n) is 7.60. The number of amides is 1. The average Bonchev–Trinajstić information content (AvgIpc) is 3.10. The molecule has 7 nitrogen and oxygen atoms in total. The number of aromatic nitrogens is 2. The van der Waals surface area contributed by atoms with Crippen LogP contribution in [0.15, 0.2) is 64.4 Å². The number of unbranched alkanes of at least 4 members (excludes halogenated alkanes) is 1. The molecule has 3 aromatic rings. The first kappa shape index (κ1) is 23.2. The Hall–Kier alpha value is -3.01. The van der Waals surface area contributed by atoms with Gasteiger partial charge in [-0.3, -0.25) is 18.9 Å². The van der Waals surface area contributed by atoms with Crippen molar-refractivity contribution in [2.24, 2.45) is 0 Å². The van der Waals surface area contributed by atoms with E-state index in [1.165, 1.54) is 16.2 Å². The van der Waals surface area contributed by atoms with Crippen LogP contribution in [0.5, 0.6) is 0 Å². The molecule has 0 saturated carbocycles. The van der Waals surface area contributed by atoms with E-state index in [0.29, 0.717) is 27.2 Å². The minimum Gasteiger partial charge on any atom is -0.387 e. The first-order valence-electron chi connectivity index (χ1n) is 10.7. The molecule has 1 saturated heterocycles. The van der Waals surface area contributed by atoms with E-state index in [1.807, 2.05) is 30.3 Å². The summed E-state index contributed by atoms with van der Waals surface area (Å²) in [5, 5.41) is 13.7. The highest BCUT2D eigenvalue weighted by Crippen LogP contribution is 2.33. The number of rotatable bonds is 8. The number of thiocarbonyl (C=S) groups is 1. The van der Waals surface area contributed by atoms with Crippen molar-refractivity contribution in [2.45, 2.75) is 25.9 Å². The zero-order valence-electron chi connectivity index (χ0n) is 18.1. The largest absolute Gasteiger partial charge is 0.387 e. The molecule has 3 heterocycles. The number of carbonyl (C=O) groups is 1. The molecule has 0 spiro atoms. The Balaban J connectivity index is 1.70. The van der Waals surface area contributed by atoms with Crippen LogP contribution < -0.4 is 10.9 Å². The molecule has 1 fully saturated rings. The summed E-state index contributed by atoms with van der Waals surface area (Å²) in [6.07, 6.45) is 4.20. The first-order valence-corrected chi connectivity index (χ1v) is 12.0. The van der Waals surface area contributed by atoms with Gasteiger partial charge in [-0.15, -0.1) is 0 Å². The SMILES string of the molecule is CCCCN1C(=O)/C(=C/c2c(NCC(O)c3ccccc3)nc3ccccn3c2=O)SC1=S. The van der Waals surface area contributed by atoms with Crippen molar-refractivity contribution in [1.29, 1.82) is 0 Å². The predicted molar refractivity (Wildman–Crippen MR) is 136 cm³/mol. The summed E-state index contributed by atoms with van der Waals surface area (Å²) in [6.45, 7) is 2.76. The Morgan fingerprint density at radius 1 is 1.18 bits per heavy atom. The lowest BCUT2D eigenvalue weighted by atomic mass is 10.1. The molecule has 2 N–H and O–H groups in total. The van der Waals surface area contributed by atoms with Gasteiger partial charge in [0.05, 0.1) is 16.6 Å². The molecule has 1 aromatic carbocycles. The number of hydrogen-bond acceptors (Lipinski definition) is 7. The quantitative estimate of drug-likeness (QED) is 0.374. The number of thioether (sulfide) groups is 1. The van der Waals surface area contributed by atoms with E-state index >= 15 is 0 Å². The zero-order chi connectivity index (χ0) is 23.4. The van der Waals surface area contributed by atoms with E-state index in [9.17, 15) is 14.7 Å². The van der Waals surface area contributed by atoms with Crippen LogP contribution in [0.3, 0.4) is 0 Å². The Labute approximate surface area is 201 Å². The standard InChI is InChI=1S/C24H24N4O3S2/c1-2-3-12-28-23(31)19(33-24(28)32)14-17-21(25-15-18(29)16-9-5-4-6-10-16)26-20-11-7-8-13-27(20)22(17)30/h4-11,13-14,18,25,29H,2-3,12,15H2,1H3/b19-14-. The molecule has 2 aromatic heterocycles. The smallest absolute Gasteiger partial charge is 0.267 e. The van der Waals surface area contributed by atoms with E-state index in [0.717, 1.165) is 18.4 Å². The fraction of sp³-hybridized carbons (Fsp3) is 0.250. The van der Waals surface area contributed by atoms with Gasteiger partial charge >= 0.3 is 0 Å². The number of carbonyl (C=O) groups excluding carboxylic acids is 1. The summed E-state index contributed by atoms with van der Waals surface area (Å²) in [7, 11) is 0. The molecular weight excluding hydrogens is 456 g/mol. The van der Waals surface area contributed by atoms with Gasteiger partial charge in [0.15, 0.2) is 0 Å². The Bertz CT molecular complexity index is 1270. The minimum atomic E-state index is -0.790. The van der Waals surface area contributed by atoms with Crippen molar-refractivity contribution in [3.8, 4) is 0 Å². The maximum absolute atomic E-state index is 13.3. The van der Waals surface area contributed by atoms with Gasteiger partial charge in [0, 0.05) is 19.3 Å². The number of pyridine rings is 1. The van der Waals surface area contributed by atoms with Gasteiger partial charge in [-0.1, -0.05) is 73.7 Å². The van der Waals surface area contributed by atoms with Crippen LogP contribution in [0, 0.1) is 0 Å². The third-order valence-corrected chi connectivity index (χ3v) is 6.68. The van der Waals surface area contributed by atoms with Crippen LogP contribution in [0.1, 0.15) is 37.0 Å². The molecule has 1 aliphatic heterocycles. The highest BCUT2D eigenvalue weighted by Gasteiger charge is 2.32. The summed E-state index contributed by atoms with van der Waals surface area (Å²) in [5.74, 6) is 0.103. The van der Waals surface area contributed by atoms with E-state index < -0.39 is 6.10 Å². The fourth-order valence-electron chi connectivity index (χ4n) is 3.49. The lowest BCUT2D eigenvalue weighted by Gasteiger charge is -2.15. The first-order chi connectivity index (χ1) is 16.0. The van der Waals surface area contributed by atoms with Gasteiger partial charge < -0.3 is 10.4 Å². The number of hydrogen-bond donors (Lipinski definition) is 2. The van der Waals surface area contributed by atoms with Gasteiger partial charge in [0.1, 0.15) is 15.8 Å². The molecule has 1 unspecified atom stereocenters. The molecule has 9 heteroatoms. The van der Waals surface area contributed by atoms with Crippen LogP contribution in [0.2, 0.25) is 0 Å². The number of fused-ring (bicyclic) bond motifs is 1. The van der Waals surface area contributed by atoms with Crippen LogP contribution in [-0.4, -0.2) is 42.7 Å². The zero-order valence-corrected chi connectivity index (χ0v) is 19.7. The lowest BCUT2D eigenvalue weighted by molar-refractivity contribution is -0.122. The summed E-state index contributed by atoms with van der Waals surface area (Å²) in [6, 6.07) is 14.5. The molecule has 0 radical (unpaired) electrons. The third kappa shape index (κ3) is 5.00. The normalized spacial score (nSPS) is 16.1. The molecule has 1 amide bonds. The number of benzene rings is 1. The van der Waals surface area contributed by atoms with Crippen molar-refractivity contribution in [3.05, 3.63) is 81.1 Å². The topological polar surface area (TPSA) is 86.9 Å². The summed E-state index contributed by atoms with van der Waals surface area (Å²) >= 11 is 6.57. The van der Waals surface area contributed by atoms with Crippen molar-refractivity contribution >= 4 is 51.7 Å². The van der Waals surface area contributed by atoms with Crippen LogP contribution in [0.4, 0.5) is 5.82 Å². The van der Waals surface area contributed by atoms with Crippen molar-refractivity contribution < 1.29 is 9.90 Å². The second kappa shape index (κ2) is 10.3. The average molecular weight is 481 g/mol. The van der Waals surface area contributed by atoms with E-state index in [4.69, 9.17) is 12.2 Å². The molecule has 0 aliphatic carbocycles. The van der Waals surface area contributed by atoms with Crippen molar-refractivity contribution in [1.82, 2.24) is 14.3 Å². The minimum absolute atomic E-state index is 0.151. The Morgan fingerprint density at radius 2 is 1.94 bits per heavy atom. The van der Waals surface area contributed by atoms with Crippen LogP contribution in [-0.2, 0) is 4.79 Å². The molecule has 4 rings (SSSR count). The highest BCUT2D eigenvalue weighted by molar-refractivity contribution is 8.26. The monoisotopic (exact) mass is 480 g/mol. The number of nitrogens with one attached hydrogen (secondary N) is 1. The lowest BCUT2D eigenvalue weighted by Crippen LogP contribution is -2.29. The van der Waals surface area contributed by atoms with E-state index in [2.05, 4.69) is 17.2 Å². The van der Waals surface area contributed by atoms with Crippen molar-refractivity contribution in [2.75, 3.05) is 18.4 Å². The van der Waals surface area contributed by atoms with Gasteiger partial charge in [0.25, 0.3) is 11.5 Å². The summed E-state index contributed by atoms with van der Waals surface area (Å²) in [5.41, 5.74) is 1.15. The molecule has 1 aliphatic rings. The van der Waals surface area contributed by atoms with E-state index in [-0.39, 0.29) is 23.6 Å². The van der Waals surface area contributed by atoms with Crippen LogP contribution in [0.25, 0.3) is 11.7 Å². The number of aliphatic hydroxyl groups excluding tert-OH is 1. The molecular formula is C24H24N4O3S2. The van der Waals surface area contributed by atoms with Gasteiger partial charge in [0.2, 0.25) is 0 Å².